The van der Waals surface area contributed by atoms with Crippen LogP contribution < -0.4 is 27.7 Å². The van der Waals surface area contributed by atoms with Crippen LogP contribution in [-0.2, 0) is 0 Å². The summed E-state index contributed by atoms with van der Waals surface area (Å²) in [5, 5.41) is 0. The molecular formula is C19H24F3N5O2. The highest BCUT2D eigenvalue weighted by atomic mass is 19.3. The summed E-state index contributed by atoms with van der Waals surface area (Å²) in [7, 11) is 0. The fourth-order valence-electron chi connectivity index (χ4n) is 4.50. The number of halogens is 3. The lowest BCUT2D eigenvalue weighted by molar-refractivity contribution is 0.0929. The first-order valence-corrected chi connectivity index (χ1v) is 9.69. The normalized spacial score (nSPS) is 20.8. The molecule has 1 aliphatic carbocycles. The standard InChI is InChI=1S/C19H24F3N5O2/c1-8-15-12(10-3-4-10)18(28)27(24)19(29)26(15)9(2)13(20)16(8)25-6-5-11(7-25)14(23)17(21)22/h10-11,14,17H,3-7,23-24H2,1-2H3. The van der Waals surface area contributed by atoms with Gasteiger partial charge in [0.2, 0.25) is 0 Å². The molecule has 2 aromatic rings. The van der Waals surface area contributed by atoms with Crippen LogP contribution >= 0.6 is 0 Å². The molecule has 2 atom stereocenters. The minimum absolute atomic E-state index is 0.0251. The van der Waals surface area contributed by atoms with Crippen LogP contribution in [0.1, 0.15) is 42.0 Å². The molecule has 29 heavy (non-hydrogen) atoms. The van der Waals surface area contributed by atoms with Gasteiger partial charge in [0.25, 0.3) is 12.0 Å². The zero-order chi connectivity index (χ0) is 21.2. The molecule has 4 rings (SSSR count). The Labute approximate surface area is 164 Å². The summed E-state index contributed by atoms with van der Waals surface area (Å²) in [4.78, 5) is 27.0. The molecule has 4 N–H and O–H groups in total. The van der Waals surface area contributed by atoms with E-state index in [1.165, 1.54) is 6.92 Å². The lowest BCUT2D eigenvalue weighted by atomic mass is 10.0. The van der Waals surface area contributed by atoms with Gasteiger partial charge in [-0.2, -0.15) is 4.68 Å². The van der Waals surface area contributed by atoms with Crippen LogP contribution in [0.2, 0.25) is 0 Å². The molecule has 10 heteroatoms. The van der Waals surface area contributed by atoms with E-state index in [2.05, 4.69) is 0 Å². The van der Waals surface area contributed by atoms with E-state index >= 15 is 4.39 Å². The first-order valence-electron chi connectivity index (χ1n) is 9.69. The summed E-state index contributed by atoms with van der Waals surface area (Å²) in [5.41, 5.74) is 5.73. The third-order valence-electron chi connectivity index (χ3n) is 6.26. The molecule has 0 radical (unpaired) electrons. The van der Waals surface area contributed by atoms with Crippen LogP contribution in [0.3, 0.4) is 0 Å². The molecule has 158 valence electrons. The SMILES string of the molecule is Cc1c(N2CCC(C(N)C(F)F)C2)c(F)c(C)n2c(=O)n(N)c(=O)c(C3CC3)c12. The average Bonchev–Trinajstić information content (AvgIpc) is 3.40. The molecule has 0 bridgehead atoms. The van der Waals surface area contributed by atoms with E-state index in [0.29, 0.717) is 34.3 Å². The van der Waals surface area contributed by atoms with Crippen molar-refractivity contribution in [2.24, 2.45) is 11.7 Å². The van der Waals surface area contributed by atoms with Gasteiger partial charge in [0.05, 0.1) is 22.9 Å². The molecule has 1 saturated heterocycles. The van der Waals surface area contributed by atoms with Crippen molar-refractivity contribution in [1.29, 1.82) is 0 Å². The summed E-state index contributed by atoms with van der Waals surface area (Å²) >= 11 is 0. The number of pyridine rings is 1. The Morgan fingerprint density at radius 3 is 2.38 bits per heavy atom. The van der Waals surface area contributed by atoms with E-state index in [4.69, 9.17) is 11.6 Å². The van der Waals surface area contributed by atoms with Gasteiger partial charge in [-0.05, 0) is 44.9 Å². The van der Waals surface area contributed by atoms with E-state index in [9.17, 15) is 18.4 Å². The molecule has 2 fully saturated rings. The minimum Gasteiger partial charge on any atom is -0.368 e. The Morgan fingerprint density at radius 1 is 1.14 bits per heavy atom. The smallest absolute Gasteiger partial charge is 0.354 e. The Morgan fingerprint density at radius 2 is 1.79 bits per heavy atom. The average molecular weight is 411 g/mol. The van der Waals surface area contributed by atoms with Crippen LogP contribution in [0.25, 0.3) is 5.52 Å². The number of fused-ring (bicyclic) bond motifs is 1. The third kappa shape index (κ3) is 2.92. The number of nitrogens with two attached hydrogens (primary N) is 2. The molecule has 3 heterocycles. The number of hydrogen-bond donors (Lipinski definition) is 2. The summed E-state index contributed by atoms with van der Waals surface area (Å²) in [6.45, 7) is 3.66. The van der Waals surface area contributed by atoms with E-state index < -0.39 is 35.5 Å². The Balaban J connectivity index is 1.94. The van der Waals surface area contributed by atoms with Gasteiger partial charge in [-0.1, -0.05) is 0 Å². The van der Waals surface area contributed by atoms with Crippen molar-refractivity contribution >= 4 is 11.2 Å². The molecule has 0 amide bonds. The van der Waals surface area contributed by atoms with Crippen LogP contribution in [0.4, 0.5) is 18.9 Å². The fraction of sp³-hybridized carbons (Fsp3) is 0.579. The van der Waals surface area contributed by atoms with E-state index in [-0.39, 0.29) is 23.8 Å². The predicted molar refractivity (Wildman–Crippen MR) is 104 cm³/mol. The maximum atomic E-state index is 15.4. The maximum Gasteiger partial charge on any atom is 0.354 e. The van der Waals surface area contributed by atoms with E-state index in [1.807, 2.05) is 0 Å². The monoisotopic (exact) mass is 411 g/mol. The van der Waals surface area contributed by atoms with Gasteiger partial charge in [-0.25, -0.2) is 18.0 Å². The summed E-state index contributed by atoms with van der Waals surface area (Å²) in [6, 6.07) is -1.28. The molecule has 2 unspecified atom stereocenters. The van der Waals surface area contributed by atoms with Crippen molar-refractivity contribution in [3.8, 4) is 0 Å². The summed E-state index contributed by atoms with van der Waals surface area (Å²) in [5.74, 6) is 4.56. The van der Waals surface area contributed by atoms with Gasteiger partial charge in [0.15, 0.2) is 5.82 Å². The Hall–Kier alpha value is -2.49. The Kier molecular flexibility index (Phi) is 4.64. The quantitative estimate of drug-likeness (QED) is 0.738. The van der Waals surface area contributed by atoms with E-state index in [0.717, 1.165) is 17.2 Å². The highest BCUT2D eigenvalue weighted by molar-refractivity contribution is 5.73. The first-order chi connectivity index (χ1) is 13.6. The summed E-state index contributed by atoms with van der Waals surface area (Å²) in [6.07, 6.45) is -0.638. The number of nitrogen functional groups attached to an aromatic ring is 1. The molecule has 7 nitrogen and oxygen atoms in total. The van der Waals surface area contributed by atoms with Crippen molar-refractivity contribution < 1.29 is 13.2 Å². The Bertz CT molecular complexity index is 1110. The number of hydrogen-bond acceptors (Lipinski definition) is 5. The van der Waals surface area contributed by atoms with Crippen molar-refractivity contribution in [1.82, 2.24) is 9.08 Å². The number of anilines is 1. The molecule has 0 spiro atoms. The largest absolute Gasteiger partial charge is 0.368 e. The van der Waals surface area contributed by atoms with Crippen molar-refractivity contribution in [3.05, 3.63) is 43.5 Å². The molecule has 2 aliphatic rings. The van der Waals surface area contributed by atoms with Crippen LogP contribution in [0, 0.1) is 25.6 Å². The fourth-order valence-corrected chi connectivity index (χ4v) is 4.50. The second-order valence-electron chi connectivity index (χ2n) is 8.11. The molecule has 1 aliphatic heterocycles. The number of aryl methyl sites for hydroxylation is 2. The van der Waals surface area contributed by atoms with Gasteiger partial charge < -0.3 is 16.5 Å². The first kappa shape index (κ1) is 19.8. The number of nitrogens with zero attached hydrogens (tertiary/aromatic N) is 3. The number of aromatic nitrogens is 2. The van der Waals surface area contributed by atoms with Gasteiger partial charge in [-0.3, -0.25) is 9.20 Å². The van der Waals surface area contributed by atoms with Crippen molar-refractivity contribution in [2.75, 3.05) is 23.8 Å². The maximum absolute atomic E-state index is 15.4. The second-order valence-corrected chi connectivity index (χ2v) is 8.11. The zero-order valence-electron chi connectivity index (χ0n) is 16.3. The third-order valence-corrected chi connectivity index (χ3v) is 6.26. The van der Waals surface area contributed by atoms with Crippen molar-refractivity contribution in [3.63, 3.8) is 0 Å². The lowest BCUT2D eigenvalue weighted by Gasteiger charge is -2.26. The van der Waals surface area contributed by atoms with E-state index in [1.54, 1.807) is 11.8 Å². The van der Waals surface area contributed by atoms with Crippen LogP contribution in [-0.4, -0.2) is 34.6 Å². The van der Waals surface area contributed by atoms with Gasteiger partial charge in [0, 0.05) is 24.2 Å². The van der Waals surface area contributed by atoms with Gasteiger partial charge in [-0.15, -0.1) is 0 Å². The predicted octanol–water partition coefficient (Wildman–Crippen LogP) is 1.23. The number of alkyl halides is 2. The highest BCUT2D eigenvalue weighted by Gasteiger charge is 2.37. The lowest BCUT2D eigenvalue weighted by Crippen LogP contribution is -2.45. The molecule has 1 saturated carbocycles. The van der Waals surface area contributed by atoms with Crippen molar-refractivity contribution in [2.45, 2.75) is 51.5 Å². The summed E-state index contributed by atoms with van der Waals surface area (Å²) < 4.78 is 43.1. The highest BCUT2D eigenvalue weighted by Crippen LogP contribution is 2.43. The molecule has 0 aromatic carbocycles. The topological polar surface area (TPSA) is 98.8 Å². The van der Waals surface area contributed by atoms with Gasteiger partial charge >= 0.3 is 5.69 Å². The second kappa shape index (κ2) is 6.79. The van der Waals surface area contributed by atoms with Crippen LogP contribution in [0.15, 0.2) is 9.59 Å². The van der Waals surface area contributed by atoms with Crippen LogP contribution in [0.5, 0.6) is 0 Å². The molecular weight excluding hydrogens is 387 g/mol. The van der Waals surface area contributed by atoms with Gasteiger partial charge in [0.1, 0.15) is 0 Å². The molecule has 2 aromatic heterocycles. The number of rotatable bonds is 4. The minimum atomic E-state index is -2.65. The zero-order valence-corrected chi connectivity index (χ0v) is 16.3.